The lowest BCUT2D eigenvalue weighted by atomic mass is 9.82. The Morgan fingerprint density at radius 3 is 2.58 bits per heavy atom. The fraction of sp³-hybridized carbons (Fsp3) is 0.367. The van der Waals surface area contributed by atoms with Crippen LogP contribution in [0.25, 0.3) is 0 Å². The number of carbonyl (C=O) groups excluding carboxylic acids is 1. The summed E-state index contributed by atoms with van der Waals surface area (Å²) in [7, 11) is 0. The number of aromatic nitrogens is 1. The molecule has 1 amide bonds. The van der Waals surface area contributed by atoms with E-state index in [0.717, 1.165) is 42.8 Å². The third-order valence-electron chi connectivity index (χ3n) is 6.96. The molecule has 2 aliphatic rings. The molecule has 2 aromatic rings. The van der Waals surface area contributed by atoms with E-state index in [2.05, 4.69) is 46.5 Å². The zero-order valence-corrected chi connectivity index (χ0v) is 21.2. The van der Waals surface area contributed by atoms with E-state index in [1.807, 2.05) is 66.9 Å². The maximum Gasteiger partial charge on any atom is 0.247 e. The topological polar surface area (TPSA) is 81.0 Å². The van der Waals surface area contributed by atoms with Crippen molar-refractivity contribution in [3.05, 3.63) is 89.7 Å². The SMILES string of the molecule is CC1(C)CCN(c2ccc(NC(=O)[C@@H](NCCC3=CCC=C(C#N)C=C3)c3ccccc3)nc2)CC1. The van der Waals surface area contributed by atoms with Crippen LogP contribution in [-0.4, -0.2) is 30.5 Å². The maximum absolute atomic E-state index is 13.3. The molecule has 1 aliphatic carbocycles. The fourth-order valence-electron chi connectivity index (χ4n) is 4.52. The van der Waals surface area contributed by atoms with Gasteiger partial charge in [0.1, 0.15) is 11.9 Å². The number of nitrogens with one attached hydrogen (secondary N) is 2. The van der Waals surface area contributed by atoms with E-state index in [-0.39, 0.29) is 5.91 Å². The number of hydrogen-bond donors (Lipinski definition) is 2. The highest BCUT2D eigenvalue weighted by Gasteiger charge is 2.26. The van der Waals surface area contributed by atoms with Gasteiger partial charge < -0.3 is 15.5 Å². The lowest BCUT2D eigenvalue weighted by Crippen LogP contribution is -2.37. The van der Waals surface area contributed by atoms with Crippen molar-refractivity contribution < 1.29 is 4.79 Å². The van der Waals surface area contributed by atoms with Gasteiger partial charge in [-0.3, -0.25) is 4.79 Å². The second kappa shape index (κ2) is 11.8. The Labute approximate surface area is 214 Å². The molecule has 4 rings (SSSR count). The summed E-state index contributed by atoms with van der Waals surface area (Å²) in [6.07, 6.45) is 13.6. The summed E-state index contributed by atoms with van der Waals surface area (Å²) in [5, 5.41) is 15.5. The Morgan fingerprint density at radius 1 is 1.11 bits per heavy atom. The van der Waals surface area contributed by atoms with E-state index in [9.17, 15) is 4.79 Å². The van der Waals surface area contributed by atoms with Gasteiger partial charge in [-0.2, -0.15) is 5.26 Å². The van der Waals surface area contributed by atoms with Crippen LogP contribution in [0.1, 0.15) is 51.1 Å². The molecule has 0 bridgehead atoms. The highest BCUT2D eigenvalue weighted by molar-refractivity contribution is 5.94. The first-order valence-corrected chi connectivity index (χ1v) is 12.7. The van der Waals surface area contributed by atoms with E-state index in [1.165, 1.54) is 12.8 Å². The average Bonchev–Trinajstić information content (AvgIpc) is 3.13. The monoisotopic (exact) mass is 481 g/mol. The summed E-state index contributed by atoms with van der Waals surface area (Å²) in [4.78, 5) is 20.2. The number of benzene rings is 1. The predicted molar refractivity (Wildman–Crippen MR) is 145 cm³/mol. The summed E-state index contributed by atoms with van der Waals surface area (Å²) < 4.78 is 0. The first-order chi connectivity index (χ1) is 17.4. The summed E-state index contributed by atoms with van der Waals surface area (Å²) in [5.41, 5.74) is 4.23. The van der Waals surface area contributed by atoms with Crippen LogP contribution in [0.5, 0.6) is 0 Å². The average molecular weight is 482 g/mol. The first-order valence-electron chi connectivity index (χ1n) is 12.7. The Kier molecular flexibility index (Phi) is 8.35. The molecule has 1 aliphatic heterocycles. The number of allylic oxidation sites excluding steroid dienone is 5. The van der Waals surface area contributed by atoms with E-state index in [1.54, 1.807) is 0 Å². The van der Waals surface area contributed by atoms with Gasteiger partial charge in [0.15, 0.2) is 0 Å². The lowest BCUT2D eigenvalue weighted by Gasteiger charge is -2.38. The molecule has 6 nitrogen and oxygen atoms in total. The Bertz CT molecular complexity index is 1160. The molecule has 0 radical (unpaired) electrons. The number of nitrogens with zero attached hydrogens (tertiary/aromatic N) is 3. The highest BCUT2D eigenvalue weighted by Crippen LogP contribution is 2.32. The molecule has 186 valence electrons. The number of piperidine rings is 1. The van der Waals surface area contributed by atoms with E-state index in [0.29, 0.717) is 23.4 Å². The van der Waals surface area contributed by atoms with Crippen molar-refractivity contribution in [3.8, 4) is 6.07 Å². The minimum absolute atomic E-state index is 0.139. The van der Waals surface area contributed by atoms with Crippen molar-refractivity contribution in [2.24, 2.45) is 5.41 Å². The van der Waals surface area contributed by atoms with Crippen LogP contribution in [0.4, 0.5) is 11.5 Å². The Balaban J connectivity index is 1.37. The van der Waals surface area contributed by atoms with Crippen LogP contribution in [0.3, 0.4) is 0 Å². The summed E-state index contributed by atoms with van der Waals surface area (Å²) in [6, 6.07) is 15.4. The molecule has 6 heteroatoms. The van der Waals surface area contributed by atoms with Gasteiger partial charge in [-0.1, -0.05) is 68.0 Å². The van der Waals surface area contributed by atoms with Crippen molar-refractivity contribution in [1.29, 1.82) is 5.26 Å². The standard InChI is InChI=1S/C30H35N5O/c1-30(2)16-19-35(20-17-30)26-13-14-27(33-22-26)34-29(36)28(25-9-4-3-5-10-25)32-18-15-23-7-6-8-24(21-31)12-11-23/h3-5,7-14,22,28,32H,6,15-20H2,1-2H3,(H,33,34,36)/t28-/m0/s1. The van der Waals surface area contributed by atoms with Gasteiger partial charge >= 0.3 is 0 Å². The van der Waals surface area contributed by atoms with Crippen molar-refractivity contribution in [2.75, 3.05) is 29.9 Å². The molecule has 2 N–H and O–H groups in total. The quantitative estimate of drug-likeness (QED) is 0.505. The van der Waals surface area contributed by atoms with Gasteiger partial charge in [0.05, 0.1) is 18.0 Å². The minimum atomic E-state index is -0.500. The molecule has 1 fully saturated rings. The van der Waals surface area contributed by atoms with Gasteiger partial charge in [0, 0.05) is 25.2 Å². The van der Waals surface area contributed by atoms with E-state index >= 15 is 0 Å². The fourth-order valence-corrected chi connectivity index (χ4v) is 4.52. The molecule has 0 unspecified atom stereocenters. The van der Waals surface area contributed by atoms with E-state index in [4.69, 9.17) is 5.26 Å². The molecule has 1 aromatic heterocycles. The van der Waals surface area contributed by atoms with Gasteiger partial charge in [-0.25, -0.2) is 4.98 Å². The number of carbonyl (C=O) groups is 1. The van der Waals surface area contributed by atoms with Crippen LogP contribution in [0.2, 0.25) is 0 Å². The van der Waals surface area contributed by atoms with Crippen molar-refractivity contribution in [1.82, 2.24) is 10.3 Å². The second-order valence-corrected chi connectivity index (χ2v) is 10.2. The molecule has 1 saturated heterocycles. The number of pyridine rings is 1. The van der Waals surface area contributed by atoms with Crippen LogP contribution in [0.15, 0.2) is 84.1 Å². The van der Waals surface area contributed by atoms with Gasteiger partial charge in [-0.15, -0.1) is 0 Å². The van der Waals surface area contributed by atoms with Crippen LogP contribution in [0, 0.1) is 16.7 Å². The summed E-state index contributed by atoms with van der Waals surface area (Å²) in [5.74, 6) is 0.410. The molecule has 1 atom stereocenters. The molecule has 0 spiro atoms. The zero-order chi connectivity index (χ0) is 25.4. The maximum atomic E-state index is 13.3. The van der Waals surface area contributed by atoms with E-state index < -0.39 is 6.04 Å². The largest absolute Gasteiger partial charge is 0.370 e. The molecule has 2 heterocycles. The van der Waals surface area contributed by atoms with Gasteiger partial charge in [0.25, 0.3) is 0 Å². The number of amides is 1. The predicted octanol–water partition coefficient (Wildman–Crippen LogP) is 5.70. The summed E-state index contributed by atoms with van der Waals surface area (Å²) >= 11 is 0. The molecule has 1 aromatic carbocycles. The van der Waals surface area contributed by atoms with Crippen LogP contribution < -0.4 is 15.5 Å². The van der Waals surface area contributed by atoms with Gasteiger partial charge in [-0.05, 0) is 54.9 Å². The number of anilines is 2. The molecule has 36 heavy (non-hydrogen) atoms. The third kappa shape index (κ3) is 6.93. The van der Waals surface area contributed by atoms with Crippen molar-refractivity contribution in [2.45, 2.75) is 45.6 Å². The van der Waals surface area contributed by atoms with Crippen LogP contribution >= 0.6 is 0 Å². The number of hydrogen-bond acceptors (Lipinski definition) is 5. The van der Waals surface area contributed by atoms with Crippen molar-refractivity contribution >= 4 is 17.4 Å². The number of rotatable bonds is 8. The first kappa shape index (κ1) is 25.4. The van der Waals surface area contributed by atoms with Crippen LogP contribution in [-0.2, 0) is 4.79 Å². The third-order valence-corrected chi connectivity index (χ3v) is 6.96. The molecule has 0 saturated carbocycles. The highest BCUT2D eigenvalue weighted by atomic mass is 16.2. The Morgan fingerprint density at radius 2 is 1.89 bits per heavy atom. The Hall–Kier alpha value is -3.69. The lowest BCUT2D eigenvalue weighted by molar-refractivity contribution is -0.118. The molecular formula is C30H35N5O. The summed E-state index contributed by atoms with van der Waals surface area (Å²) in [6.45, 7) is 7.33. The second-order valence-electron chi connectivity index (χ2n) is 10.2. The minimum Gasteiger partial charge on any atom is -0.370 e. The van der Waals surface area contributed by atoms with Gasteiger partial charge in [0.2, 0.25) is 5.91 Å². The number of nitriles is 1. The smallest absolute Gasteiger partial charge is 0.247 e. The zero-order valence-electron chi connectivity index (χ0n) is 21.2. The normalized spacial score (nSPS) is 17.9. The van der Waals surface area contributed by atoms with Crippen molar-refractivity contribution in [3.63, 3.8) is 0 Å². The molecular weight excluding hydrogens is 446 g/mol.